The van der Waals surface area contributed by atoms with Crippen LogP contribution in [0.25, 0.3) is 72.7 Å². The number of pyridine rings is 1. The van der Waals surface area contributed by atoms with E-state index in [-0.39, 0.29) is 22.1 Å². The van der Waals surface area contributed by atoms with Gasteiger partial charge >= 0.3 is 0 Å². The van der Waals surface area contributed by atoms with Gasteiger partial charge in [0.2, 0.25) is 0 Å². The molecule has 0 amide bonds. The Morgan fingerprint density at radius 2 is 1.29 bits per heavy atom. The predicted octanol–water partition coefficient (Wildman–Crippen LogP) is 13.4. The van der Waals surface area contributed by atoms with E-state index in [0.29, 0.717) is 22.6 Å². The van der Waals surface area contributed by atoms with E-state index in [1.165, 1.54) is 5.56 Å². The molecule has 272 valence electrons. The summed E-state index contributed by atoms with van der Waals surface area (Å²) in [6.07, 6.45) is 1.56. The van der Waals surface area contributed by atoms with E-state index < -0.39 is 36.6 Å². The molecule has 6 aromatic carbocycles. The van der Waals surface area contributed by atoms with Crippen LogP contribution >= 0.6 is 0 Å². The number of phenols is 1. The average Bonchev–Trinajstić information content (AvgIpc) is 3.61. The molecule has 0 atom stereocenters. The van der Waals surface area contributed by atoms with Gasteiger partial charge in [-0.25, -0.2) is 4.98 Å². The number of aromatic hydroxyl groups is 1. The molecule has 4 heteroatoms. The molecule has 8 aromatic rings. The monoisotopic (exact) mass is 724 g/mol. The van der Waals surface area contributed by atoms with Gasteiger partial charge in [0.1, 0.15) is 11.6 Å². The van der Waals surface area contributed by atoms with Gasteiger partial charge in [-0.3, -0.25) is 9.55 Å². The number of hydrogen-bond donors (Lipinski definition) is 1. The van der Waals surface area contributed by atoms with Crippen LogP contribution < -0.4 is 0 Å². The van der Waals surface area contributed by atoms with Crippen LogP contribution in [0.4, 0.5) is 0 Å². The van der Waals surface area contributed by atoms with Crippen LogP contribution in [0.2, 0.25) is 0 Å². The molecule has 1 N–H and O–H groups in total. The normalized spacial score (nSPS) is 14.0. The number of fused-ring (bicyclic) bond motifs is 1. The van der Waals surface area contributed by atoms with E-state index in [4.69, 9.17) is 19.6 Å². The highest BCUT2D eigenvalue weighted by atomic mass is 16.3. The highest BCUT2D eigenvalue weighted by Crippen LogP contribution is 2.42. The van der Waals surface area contributed by atoms with E-state index in [1.807, 2.05) is 48.5 Å². The molecule has 4 nitrogen and oxygen atoms in total. The molecule has 0 saturated heterocycles. The molecule has 0 fully saturated rings. The summed E-state index contributed by atoms with van der Waals surface area (Å²) in [4.78, 5) is 10.1. The predicted molar refractivity (Wildman–Crippen MR) is 230 cm³/mol. The molecule has 0 radical (unpaired) electrons. The van der Waals surface area contributed by atoms with Gasteiger partial charge in [0.05, 0.1) is 33.5 Å². The topological polar surface area (TPSA) is 50.9 Å². The van der Waals surface area contributed by atoms with Crippen molar-refractivity contribution in [3.63, 3.8) is 0 Å². The van der Waals surface area contributed by atoms with E-state index >= 15 is 0 Å². The third-order valence-electron chi connectivity index (χ3n) is 10.1. The summed E-state index contributed by atoms with van der Waals surface area (Å²) in [5, 5.41) is 11.4. The largest absolute Gasteiger partial charge is 0.507 e. The zero-order chi connectivity index (χ0) is 44.5. The lowest BCUT2D eigenvalue weighted by Crippen LogP contribution is -2.12. The second-order valence-corrected chi connectivity index (χ2v) is 16.0. The van der Waals surface area contributed by atoms with Crippen molar-refractivity contribution in [3.05, 3.63) is 168 Å². The maximum Gasteiger partial charge on any atom is 0.149 e. The highest BCUT2D eigenvalue weighted by Gasteiger charge is 2.25. The Morgan fingerprint density at radius 3 is 2.02 bits per heavy atom. The Balaban J connectivity index is 1.37. The fraction of sp³-hybridized carbons (Fsp3) is 0.176. The fourth-order valence-electron chi connectivity index (χ4n) is 7.03. The van der Waals surface area contributed by atoms with Crippen molar-refractivity contribution in [2.75, 3.05) is 0 Å². The second-order valence-electron chi connectivity index (χ2n) is 16.0. The Labute approximate surface area is 334 Å². The summed E-state index contributed by atoms with van der Waals surface area (Å²) >= 11 is 0. The van der Waals surface area contributed by atoms with Crippen molar-refractivity contribution in [2.24, 2.45) is 0 Å². The van der Waals surface area contributed by atoms with Crippen molar-refractivity contribution in [1.82, 2.24) is 14.5 Å². The van der Waals surface area contributed by atoms with Crippen molar-refractivity contribution >= 4 is 11.0 Å². The average molecular weight is 725 g/mol. The second kappa shape index (κ2) is 13.9. The van der Waals surface area contributed by atoms with Gasteiger partial charge in [-0.05, 0) is 106 Å². The van der Waals surface area contributed by atoms with Gasteiger partial charge < -0.3 is 5.11 Å². The number of imidazole rings is 1. The number of rotatable bonds is 6. The first-order chi connectivity index (χ1) is 29.2. The van der Waals surface area contributed by atoms with Crippen molar-refractivity contribution in [3.8, 4) is 67.5 Å². The lowest BCUT2D eigenvalue weighted by molar-refractivity contribution is 0.477. The molecular weight excluding hydrogens is 671 g/mol. The summed E-state index contributed by atoms with van der Waals surface area (Å²) in [6, 6.07) is 37.8. The number of nitrogens with zero attached hydrogens (tertiary/aromatic N) is 3. The van der Waals surface area contributed by atoms with E-state index in [9.17, 15) is 5.11 Å². The summed E-state index contributed by atoms with van der Waals surface area (Å²) in [5.74, 6) is 0.688. The number of benzene rings is 6. The minimum atomic E-state index is -2.81. The minimum absolute atomic E-state index is 0.00116. The molecule has 2 aromatic heterocycles. The SMILES string of the molecule is [2H]c1c([2H])c(C([2H])([2H])[2H])c([2H])c([2H])c1-c1ccnc(-c2cc(-c3cccc4c3nc(-c3ccccc3O)n4-c3ccc(C(C)(C)C)cc3-c3ccccc3)cc(C(C)(C)C)c2)c1. The smallest absolute Gasteiger partial charge is 0.149 e. The summed E-state index contributed by atoms with van der Waals surface area (Å²) in [5.41, 5.74) is 9.72. The van der Waals surface area contributed by atoms with E-state index in [1.54, 1.807) is 30.5 Å². The van der Waals surface area contributed by atoms with Gasteiger partial charge in [-0.2, -0.15) is 0 Å². The maximum absolute atomic E-state index is 11.4. The first-order valence-electron chi connectivity index (χ1n) is 22.0. The molecule has 0 spiro atoms. The van der Waals surface area contributed by atoms with Gasteiger partial charge in [-0.1, -0.05) is 138 Å². The molecule has 0 unspecified atom stereocenters. The molecule has 0 aliphatic rings. The minimum Gasteiger partial charge on any atom is -0.507 e. The van der Waals surface area contributed by atoms with Crippen LogP contribution in [0, 0.1) is 6.85 Å². The third-order valence-corrected chi connectivity index (χ3v) is 10.1. The molecule has 0 aliphatic heterocycles. The van der Waals surface area contributed by atoms with Crippen molar-refractivity contribution < 1.29 is 14.7 Å². The van der Waals surface area contributed by atoms with Crippen molar-refractivity contribution in [1.29, 1.82) is 0 Å². The lowest BCUT2D eigenvalue weighted by Gasteiger charge is -2.23. The van der Waals surface area contributed by atoms with Crippen LogP contribution in [0.5, 0.6) is 5.75 Å². The van der Waals surface area contributed by atoms with E-state index in [0.717, 1.165) is 50.1 Å². The Kier molecular flexibility index (Phi) is 7.11. The third kappa shape index (κ3) is 6.97. The highest BCUT2D eigenvalue weighted by molar-refractivity contribution is 5.97. The number of para-hydroxylation sites is 2. The number of phenolic OH excluding ortho intramolecular Hbond substituents is 1. The zero-order valence-electron chi connectivity index (χ0n) is 38.9. The number of hydrogen-bond acceptors (Lipinski definition) is 3. The zero-order valence-corrected chi connectivity index (χ0v) is 31.9. The molecule has 0 aliphatic carbocycles. The van der Waals surface area contributed by atoms with Crippen molar-refractivity contribution in [2.45, 2.75) is 59.2 Å². The Bertz CT molecular complexity index is 3000. The Hall–Kier alpha value is -6.26. The lowest BCUT2D eigenvalue weighted by atomic mass is 9.83. The molecule has 55 heavy (non-hydrogen) atoms. The first-order valence-corrected chi connectivity index (χ1v) is 18.5. The maximum atomic E-state index is 11.4. The molecular formula is C51H47N3O. The van der Waals surface area contributed by atoms with Crippen LogP contribution in [-0.2, 0) is 10.8 Å². The molecule has 8 rings (SSSR count). The molecule has 2 heterocycles. The Morgan fingerprint density at radius 1 is 0.582 bits per heavy atom. The summed E-state index contributed by atoms with van der Waals surface area (Å²) in [6.45, 7) is 10.2. The van der Waals surface area contributed by atoms with Gasteiger partial charge in [0.25, 0.3) is 0 Å². The van der Waals surface area contributed by atoms with Crippen LogP contribution in [-0.4, -0.2) is 19.6 Å². The standard InChI is InChI=1S/C51H47N3O/c1-33-20-22-34(23-21-33)36-26-27-52-44(31-36)38-28-37(29-40(30-38)51(5,6)7)41-17-13-18-46-48(41)53-49(42-16-11-12-19-47(42)55)54(46)45-25-24-39(50(2,3)4)32-43(45)35-14-9-8-10-15-35/h8-32,55H,1-7H3/i1D3,20D,21D,22D,23D. The first kappa shape index (κ1) is 28.2. The van der Waals surface area contributed by atoms with E-state index in [2.05, 4.69) is 94.6 Å². The molecule has 0 saturated carbocycles. The molecule has 0 bridgehead atoms. The van der Waals surface area contributed by atoms with Crippen LogP contribution in [0.3, 0.4) is 0 Å². The van der Waals surface area contributed by atoms with Gasteiger partial charge in [-0.15, -0.1) is 0 Å². The quantitative estimate of drug-likeness (QED) is 0.186. The fourth-order valence-corrected chi connectivity index (χ4v) is 7.03. The summed E-state index contributed by atoms with van der Waals surface area (Å²) < 4.78 is 60.3. The number of aromatic nitrogens is 3. The van der Waals surface area contributed by atoms with Gasteiger partial charge in [0, 0.05) is 27.0 Å². The van der Waals surface area contributed by atoms with Crippen LogP contribution in [0.1, 0.15) is 67.8 Å². The summed E-state index contributed by atoms with van der Waals surface area (Å²) in [7, 11) is 0. The van der Waals surface area contributed by atoms with Crippen LogP contribution in [0.15, 0.2) is 152 Å². The van der Waals surface area contributed by atoms with Gasteiger partial charge in [0.15, 0.2) is 0 Å².